The number of carbonyl (C=O) groups excluding carboxylic acids is 2. The molecule has 2 rings (SSSR count). The van der Waals surface area contributed by atoms with E-state index in [4.69, 9.17) is 4.74 Å². The van der Waals surface area contributed by atoms with Crippen molar-refractivity contribution in [3.63, 3.8) is 0 Å². The molecule has 0 spiro atoms. The molecule has 102 valence electrons. The van der Waals surface area contributed by atoms with Gasteiger partial charge in [0.05, 0.1) is 18.7 Å². The molecule has 19 heavy (non-hydrogen) atoms. The van der Waals surface area contributed by atoms with Crippen LogP contribution in [0.4, 0.5) is 0 Å². The molecule has 0 aliphatic rings. The van der Waals surface area contributed by atoms with E-state index >= 15 is 0 Å². The van der Waals surface area contributed by atoms with Gasteiger partial charge in [0, 0.05) is 24.8 Å². The van der Waals surface area contributed by atoms with Crippen LogP contribution in [-0.2, 0) is 20.7 Å². The standard InChI is InChI=1S/C12H15N3O3S/c1-3-18-11(17)8-14(2)10(16)6-9-7-15-4-5-19-12(15)13-9/h4-5,7H,3,6,8H2,1-2H3. The third-order valence-corrected chi connectivity index (χ3v) is 3.34. The third kappa shape index (κ3) is 3.31. The molecule has 0 N–H and O–H groups in total. The summed E-state index contributed by atoms with van der Waals surface area (Å²) in [6, 6.07) is 0. The Balaban J connectivity index is 1.93. The number of thiazole rings is 1. The Labute approximate surface area is 114 Å². The number of rotatable bonds is 5. The first kappa shape index (κ1) is 13.5. The fourth-order valence-corrected chi connectivity index (χ4v) is 2.36. The maximum absolute atomic E-state index is 11.9. The lowest BCUT2D eigenvalue weighted by Crippen LogP contribution is -2.34. The average Bonchev–Trinajstić information content (AvgIpc) is 2.89. The maximum Gasteiger partial charge on any atom is 0.325 e. The molecule has 2 heterocycles. The van der Waals surface area contributed by atoms with E-state index in [9.17, 15) is 9.59 Å². The van der Waals surface area contributed by atoms with Crippen molar-refractivity contribution in [2.45, 2.75) is 13.3 Å². The van der Waals surface area contributed by atoms with E-state index in [1.54, 1.807) is 14.0 Å². The number of fused-ring (bicyclic) bond motifs is 1. The Morgan fingerprint density at radius 3 is 3.00 bits per heavy atom. The highest BCUT2D eigenvalue weighted by molar-refractivity contribution is 7.15. The minimum Gasteiger partial charge on any atom is -0.465 e. The number of esters is 1. The number of amides is 1. The molecule has 2 aromatic rings. The molecule has 6 nitrogen and oxygen atoms in total. The molecule has 0 fully saturated rings. The summed E-state index contributed by atoms with van der Waals surface area (Å²) in [5.74, 6) is -0.553. The van der Waals surface area contributed by atoms with Crippen molar-refractivity contribution in [2.75, 3.05) is 20.2 Å². The second kappa shape index (κ2) is 5.83. The molecule has 0 atom stereocenters. The quantitative estimate of drug-likeness (QED) is 0.766. The zero-order valence-electron chi connectivity index (χ0n) is 10.8. The zero-order valence-corrected chi connectivity index (χ0v) is 11.6. The molecular weight excluding hydrogens is 266 g/mol. The highest BCUT2D eigenvalue weighted by Crippen LogP contribution is 2.12. The molecule has 0 aliphatic heterocycles. The highest BCUT2D eigenvalue weighted by atomic mass is 32.1. The van der Waals surface area contributed by atoms with Crippen LogP contribution in [0.15, 0.2) is 17.8 Å². The first-order valence-corrected chi connectivity index (χ1v) is 6.78. The summed E-state index contributed by atoms with van der Waals surface area (Å²) in [4.78, 5) is 29.7. The fraction of sp³-hybridized carbons (Fsp3) is 0.417. The molecule has 0 saturated heterocycles. The molecule has 0 saturated carbocycles. The lowest BCUT2D eigenvalue weighted by atomic mass is 10.3. The Kier molecular flexibility index (Phi) is 4.16. The normalized spacial score (nSPS) is 10.6. The maximum atomic E-state index is 11.9. The predicted molar refractivity (Wildman–Crippen MR) is 71.0 cm³/mol. The van der Waals surface area contributed by atoms with E-state index in [-0.39, 0.29) is 18.9 Å². The summed E-state index contributed by atoms with van der Waals surface area (Å²) in [5, 5.41) is 1.93. The SMILES string of the molecule is CCOC(=O)CN(C)C(=O)Cc1cn2ccsc2n1. The monoisotopic (exact) mass is 281 g/mol. The smallest absolute Gasteiger partial charge is 0.325 e. The lowest BCUT2D eigenvalue weighted by molar-refractivity contribution is -0.147. The van der Waals surface area contributed by atoms with Crippen LogP contribution in [0.2, 0.25) is 0 Å². The van der Waals surface area contributed by atoms with Gasteiger partial charge in [-0.1, -0.05) is 0 Å². The molecule has 0 aliphatic carbocycles. The molecule has 2 aromatic heterocycles. The summed E-state index contributed by atoms with van der Waals surface area (Å²) < 4.78 is 6.67. The van der Waals surface area contributed by atoms with Crippen molar-refractivity contribution in [3.05, 3.63) is 23.5 Å². The zero-order chi connectivity index (χ0) is 13.8. The lowest BCUT2D eigenvalue weighted by Gasteiger charge is -2.15. The topological polar surface area (TPSA) is 63.9 Å². The van der Waals surface area contributed by atoms with Gasteiger partial charge in [0.25, 0.3) is 0 Å². The molecule has 7 heteroatoms. The van der Waals surface area contributed by atoms with Gasteiger partial charge in [-0.15, -0.1) is 11.3 Å². The van der Waals surface area contributed by atoms with Crippen molar-refractivity contribution in [1.82, 2.24) is 14.3 Å². The van der Waals surface area contributed by atoms with Gasteiger partial charge in [-0.05, 0) is 6.92 Å². The Morgan fingerprint density at radius 2 is 2.32 bits per heavy atom. The van der Waals surface area contributed by atoms with Gasteiger partial charge < -0.3 is 9.64 Å². The minimum absolute atomic E-state index is 0.0328. The summed E-state index contributed by atoms with van der Waals surface area (Å²) in [6.07, 6.45) is 3.90. The van der Waals surface area contributed by atoms with E-state index in [1.165, 1.54) is 16.2 Å². The summed E-state index contributed by atoms with van der Waals surface area (Å²) in [7, 11) is 1.58. The molecule has 1 amide bonds. The summed E-state index contributed by atoms with van der Waals surface area (Å²) >= 11 is 1.51. The molecule has 0 aromatic carbocycles. The van der Waals surface area contributed by atoms with Gasteiger partial charge in [0.15, 0.2) is 4.96 Å². The van der Waals surface area contributed by atoms with Gasteiger partial charge in [0.2, 0.25) is 5.91 Å². The summed E-state index contributed by atoms with van der Waals surface area (Å²) in [6.45, 7) is 2.02. The largest absolute Gasteiger partial charge is 0.465 e. The van der Waals surface area contributed by atoms with Gasteiger partial charge in [0.1, 0.15) is 6.54 Å². The minimum atomic E-state index is -0.399. The average molecular weight is 281 g/mol. The number of carbonyl (C=O) groups is 2. The second-order valence-corrected chi connectivity index (χ2v) is 4.93. The highest BCUT2D eigenvalue weighted by Gasteiger charge is 2.15. The van der Waals surface area contributed by atoms with Crippen LogP contribution in [0.25, 0.3) is 4.96 Å². The van der Waals surface area contributed by atoms with Crippen LogP contribution in [0.5, 0.6) is 0 Å². The van der Waals surface area contributed by atoms with E-state index in [0.717, 1.165) is 4.96 Å². The third-order valence-electron chi connectivity index (χ3n) is 2.57. The number of nitrogens with zero attached hydrogens (tertiary/aromatic N) is 3. The number of likely N-dealkylation sites (N-methyl/N-ethyl adjacent to an activating group) is 1. The first-order valence-electron chi connectivity index (χ1n) is 5.90. The Hall–Kier alpha value is -1.89. The van der Waals surface area contributed by atoms with Crippen LogP contribution < -0.4 is 0 Å². The first-order chi connectivity index (χ1) is 9.10. The number of ether oxygens (including phenoxy) is 1. The van der Waals surface area contributed by atoms with Gasteiger partial charge >= 0.3 is 5.97 Å². The van der Waals surface area contributed by atoms with Crippen LogP contribution in [-0.4, -0.2) is 46.4 Å². The van der Waals surface area contributed by atoms with Crippen LogP contribution >= 0.6 is 11.3 Å². The van der Waals surface area contributed by atoms with E-state index in [0.29, 0.717) is 12.3 Å². The number of hydrogen-bond donors (Lipinski definition) is 0. The molecule has 0 radical (unpaired) electrons. The van der Waals surface area contributed by atoms with Crippen LogP contribution in [0, 0.1) is 0 Å². The van der Waals surface area contributed by atoms with Crippen molar-refractivity contribution < 1.29 is 14.3 Å². The second-order valence-electron chi connectivity index (χ2n) is 4.06. The Bertz CT molecular complexity index is 561. The molecule has 0 unspecified atom stereocenters. The van der Waals surface area contributed by atoms with Crippen LogP contribution in [0.1, 0.15) is 12.6 Å². The van der Waals surface area contributed by atoms with Crippen molar-refractivity contribution in [1.29, 1.82) is 0 Å². The van der Waals surface area contributed by atoms with E-state index in [1.807, 2.05) is 22.2 Å². The number of aromatic nitrogens is 2. The van der Waals surface area contributed by atoms with Crippen molar-refractivity contribution >= 4 is 28.2 Å². The van der Waals surface area contributed by atoms with Crippen molar-refractivity contribution in [3.8, 4) is 0 Å². The number of hydrogen-bond acceptors (Lipinski definition) is 5. The summed E-state index contributed by atoms with van der Waals surface area (Å²) in [5.41, 5.74) is 0.701. The molecule has 0 bridgehead atoms. The van der Waals surface area contributed by atoms with E-state index in [2.05, 4.69) is 4.98 Å². The Morgan fingerprint density at radius 1 is 1.53 bits per heavy atom. The molecular formula is C12H15N3O3S. The van der Waals surface area contributed by atoms with Crippen molar-refractivity contribution in [2.24, 2.45) is 0 Å². The number of imidazole rings is 1. The fourth-order valence-electron chi connectivity index (χ4n) is 1.64. The van der Waals surface area contributed by atoms with Crippen LogP contribution in [0.3, 0.4) is 0 Å². The van der Waals surface area contributed by atoms with E-state index < -0.39 is 5.97 Å². The van der Waals surface area contributed by atoms with Gasteiger partial charge in [-0.3, -0.25) is 14.0 Å². The predicted octanol–water partition coefficient (Wildman–Crippen LogP) is 0.960. The van der Waals surface area contributed by atoms with Gasteiger partial charge in [-0.25, -0.2) is 4.98 Å². The van der Waals surface area contributed by atoms with Gasteiger partial charge in [-0.2, -0.15) is 0 Å².